The summed E-state index contributed by atoms with van der Waals surface area (Å²) in [6, 6.07) is 6.50. The van der Waals surface area contributed by atoms with Crippen LogP contribution in [0.15, 0.2) is 47.0 Å². The number of ether oxygens (including phenoxy) is 2. The van der Waals surface area contributed by atoms with Crippen LogP contribution in [0.25, 0.3) is 43.7 Å². The van der Waals surface area contributed by atoms with E-state index in [9.17, 15) is 14.4 Å². The summed E-state index contributed by atoms with van der Waals surface area (Å²) in [6.07, 6.45) is 7.53. The summed E-state index contributed by atoms with van der Waals surface area (Å²) in [5, 5.41) is 8.34. The predicted molar refractivity (Wildman–Crippen MR) is 225 cm³/mol. The molecule has 0 spiro atoms. The summed E-state index contributed by atoms with van der Waals surface area (Å²) in [4.78, 5) is 63.0. The molecule has 0 fully saturated rings. The first-order valence-electron chi connectivity index (χ1n) is 19.1. The molecular formula is C41H45N11O6S. The van der Waals surface area contributed by atoms with Crippen molar-refractivity contribution in [2.45, 2.75) is 60.0 Å². The highest BCUT2D eigenvalue weighted by Crippen LogP contribution is 2.38. The molecule has 59 heavy (non-hydrogen) atoms. The number of imidazole rings is 1. The van der Waals surface area contributed by atoms with Crippen molar-refractivity contribution >= 4 is 68.0 Å². The second-order valence-corrected chi connectivity index (χ2v) is 14.9. The number of primary amides is 2. The van der Waals surface area contributed by atoms with Gasteiger partial charge in [0.1, 0.15) is 22.7 Å². The molecule has 0 unspecified atom stereocenters. The van der Waals surface area contributed by atoms with E-state index in [-0.39, 0.29) is 29.4 Å². The number of aryl methyl sites for hydroxylation is 4. The molecule has 0 aliphatic carbocycles. The van der Waals surface area contributed by atoms with Crippen molar-refractivity contribution < 1.29 is 28.3 Å². The van der Waals surface area contributed by atoms with Crippen LogP contribution in [0.2, 0.25) is 0 Å². The third kappa shape index (κ3) is 7.96. The number of hydrogen-bond acceptors (Lipinski definition) is 13. The fourth-order valence-corrected chi connectivity index (χ4v) is 7.98. The van der Waals surface area contributed by atoms with Crippen LogP contribution in [0, 0.1) is 13.8 Å². The maximum atomic E-state index is 13.7. The highest BCUT2D eigenvalue weighted by molar-refractivity contribution is 7.15. The Kier molecular flexibility index (Phi) is 11.7. The molecule has 17 nitrogen and oxygen atoms in total. The van der Waals surface area contributed by atoms with E-state index in [4.69, 9.17) is 40.3 Å². The van der Waals surface area contributed by atoms with Crippen molar-refractivity contribution in [2.75, 3.05) is 32.6 Å². The van der Waals surface area contributed by atoms with Gasteiger partial charge in [-0.3, -0.25) is 19.7 Å². The lowest BCUT2D eigenvalue weighted by molar-refractivity contribution is 0.0987. The van der Waals surface area contributed by atoms with Gasteiger partial charge in [-0.2, -0.15) is 0 Å². The maximum Gasteiger partial charge on any atom is 0.295 e. The smallest absolute Gasteiger partial charge is 0.295 e. The fourth-order valence-electron chi connectivity index (χ4n) is 7.03. The predicted octanol–water partition coefficient (Wildman–Crippen LogP) is 5.49. The minimum Gasteiger partial charge on any atom is -0.495 e. The van der Waals surface area contributed by atoms with Gasteiger partial charge in [-0.1, -0.05) is 26.0 Å². The summed E-state index contributed by atoms with van der Waals surface area (Å²) in [5.74, 6) is 0.231. The highest BCUT2D eigenvalue weighted by atomic mass is 32.1. The number of nitrogens with one attached hydrogen (secondary N) is 2. The number of nitrogens with two attached hydrogens (primary N) is 2. The maximum absolute atomic E-state index is 13.7. The Bertz CT molecular complexity index is 2780. The van der Waals surface area contributed by atoms with Gasteiger partial charge < -0.3 is 39.8 Å². The highest BCUT2D eigenvalue weighted by Gasteiger charge is 2.24. The van der Waals surface area contributed by atoms with Gasteiger partial charge in [-0.05, 0) is 64.0 Å². The van der Waals surface area contributed by atoms with Gasteiger partial charge in [-0.15, -0.1) is 11.3 Å². The SMILES string of the molecule is CCc1nc(C)oc1C(=O)Nc1nc2cc(C(N)=O)cc(OCCCNC)c2n1C/C=C/Cn1c2nc(-c3sc(C)nc3CC)ncc2c2cc(C(N)=O)cc(OC)c21. The Morgan fingerprint density at radius 3 is 2.29 bits per heavy atom. The lowest BCUT2D eigenvalue weighted by Crippen LogP contribution is -2.17. The Morgan fingerprint density at radius 2 is 1.59 bits per heavy atom. The quantitative estimate of drug-likeness (QED) is 0.0660. The average Bonchev–Trinajstić information content (AvgIpc) is 3.98. The standard InChI is InChI=1S/C41H45N11O6S/c1-7-27-34(58-21(3)46-27)40(55)50-41-48-29-17-24(37(43)54)19-31(57-15-11-12-44-5)33(29)52(41)14-10-9-13-51-32-25(16-23(36(42)53)18-30(32)56-6)26-20-45-38(49-39(26)51)35-28(8-2)47-22(4)59-35/h9-10,16-20,44H,7-8,11-15H2,1-6H3,(H2,42,53)(H2,43,54)(H,48,50,55)/b10-9+. The van der Waals surface area contributed by atoms with E-state index in [1.807, 2.05) is 44.5 Å². The number of carbonyl (C=O) groups is 3. The summed E-state index contributed by atoms with van der Waals surface area (Å²) in [7, 11) is 3.39. The van der Waals surface area contributed by atoms with Gasteiger partial charge in [0.25, 0.3) is 5.91 Å². The number of anilines is 1. The normalized spacial score (nSPS) is 11.7. The van der Waals surface area contributed by atoms with Crippen molar-refractivity contribution in [1.82, 2.24) is 39.4 Å². The number of allylic oxidation sites excluding steroid dienone is 2. The van der Waals surface area contributed by atoms with Crippen LogP contribution >= 0.6 is 11.3 Å². The number of thiazole rings is 1. The topological polar surface area (TPSA) is 233 Å². The Labute approximate surface area is 342 Å². The number of aromatic nitrogens is 7. The first kappa shape index (κ1) is 40.5. The monoisotopic (exact) mass is 819 g/mol. The van der Waals surface area contributed by atoms with Gasteiger partial charge in [0.05, 0.1) is 46.0 Å². The van der Waals surface area contributed by atoms with E-state index in [1.165, 1.54) is 18.4 Å². The van der Waals surface area contributed by atoms with Crippen LogP contribution in [-0.2, 0) is 25.9 Å². The van der Waals surface area contributed by atoms with Crippen molar-refractivity contribution in [3.05, 3.63) is 81.8 Å². The zero-order valence-electron chi connectivity index (χ0n) is 33.6. The fraction of sp³-hybridized carbons (Fsp3) is 0.317. The number of hydrogen-bond donors (Lipinski definition) is 4. The third-order valence-corrected chi connectivity index (χ3v) is 10.7. The third-order valence-electron chi connectivity index (χ3n) is 9.74. The van der Waals surface area contributed by atoms with Crippen molar-refractivity contribution in [2.24, 2.45) is 11.5 Å². The largest absolute Gasteiger partial charge is 0.495 e. The van der Waals surface area contributed by atoms with E-state index < -0.39 is 17.7 Å². The van der Waals surface area contributed by atoms with E-state index in [2.05, 4.69) is 20.6 Å². The molecule has 18 heteroatoms. The Morgan fingerprint density at radius 1 is 0.881 bits per heavy atom. The lowest BCUT2D eigenvalue weighted by Gasteiger charge is -2.13. The van der Waals surface area contributed by atoms with Crippen molar-refractivity contribution in [1.29, 1.82) is 0 Å². The molecule has 7 rings (SSSR count). The second-order valence-electron chi connectivity index (χ2n) is 13.7. The van der Waals surface area contributed by atoms with Gasteiger partial charge in [0.2, 0.25) is 23.5 Å². The molecule has 6 N–H and O–H groups in total. The number of oxazole rings is 1. The summed E-state index contributed by atoms with van der Waals surface area (Å²) < 4.78 is 21.5. The molecule has 0 radical (unpaired) electrons. The minimum atomic E-state index is -0.648. The van der Waals surface area contributed by atoms with E-state index in [0.717, 1.165) is 22.0 Å². The number of nitrogens with zero attached hydrogens (tertiary/aromatic N) is 7. The molecule has 7 aromatic rings. The van der Waals surface area contributed by atoms with Gasteiger partial charge in [0.15, 0.2) is 11.7 Å². The molecule has 0 aliphatic heterocycles. The zero-order chi connectivity index (χ0) is 42.0. The van der Waals surface area contributed by atoms with Crippen LogP contribution in [-0.4, -0.2) is 79.1 Å². The van der Waals surface area contributed by atoms with Gasteiger partial charge in [0, 0.05) is 48.1 Å². The van der Waals surface area contributed by atoms with Crippen LogP contribution in [0.4, 0.5) is 5.95 Å². The zero-order valence-corrected chi connectivity index (χ0v) is 34.5. The van der Waals surface area contributed by atoms with Crippen LogP contribution in [0.1, 0.15) is 73.8 Å². The molecule has 5 heterocycles. The molecule has 5 aromatic heterocycles. The van der Waals surface area contributed by atoms with Crippen LogP contribution in [0.5, 0.6) is 11.5 Å². The number of rotatable bonds is 17. The molecule has 0 bridgehead atoms. The summed E-state index contributed by atoms with van der Waals surface area (Å²) in [6.45, 7) is 9.15. The number of amides is 3. The molecule has 0 saturated carbocycles. The van der Waals surface area contributed by atoms with E-state index in [0.29, 0.717) is 94.4 Å². The van der Waals surface area contributed by atoms with Crippen LogP contribution < -0.4 is 31.6 Å². The van der Waals surface area contributed by atoms with Gasteiger partial charge >= 0.3 is 0 Å². The summed E-state index contributed by atoms with van der Waals surface area (Å²) in [5.41, 5.74) is 15.6. The number of carbonyl (C=O) groups excluding carboxylic acids is 3. The lowest BCUT2D eigenvalue weighted by atomic mass is 10.1. The first-order valence-corrected chi connectivity index (χ1v) is 19.9. The Balaban J connectivity index is 1.33. The van der Waals surface area contributed by atoms with Crippen molar-refractivity contribution in [3.63, 3.8) is 0 Å². The van der Waals surface area contributed by atoms with Crippen molar-refractivity contribution in [3.8, 4) is 22.2 Å². The summed E-state index contributed by atoms with van der Waals surface area (Å²) >= 11 is 1.53. The van der Waals surface area contributed by atoms with Gasteiger partial charge in [-0.25, -0.2) is 24.9 Å². The molecule has 0 atom stereocenters. The molecular weight excluding hydrogens is 775 g/mol. The Hall–Kier alpha value is -6.66. The molecule has 3 amide bonds. The first-order chi connectivity index (χ1) is 28.5. The molecule has 0 aliphatic rings. The average molecular weight is 820 g/mol. The molecule has 0 saturated heterocycles. The number of fused-ring (bicyclic) bond motifs is 4. The molecule has 2 aromatic carbocycles. The van der Waals surface area contributed by atoms with E-state index in [1.54, 1.807) is 42.0 Å². The second kappa shape index (κ2) is 17.1. The number of benzene rings is 2. The minimum absolute atomic E-state index is 0.0845. The molecule has 306 valence electrons. The van der Waals surface area contributed by atoms with E-state index >= 15 is 0 Å². The number of methoxy groups -OCH3 is 1. The van der Waals surface area contributed by atoms with Crippen LogP contribution in [0.3, 0.4) is 0 Å².